The van der Waals surface area contributed by atoms with Crippen molar-refractivity contribution in [2.45, 2.75) is 26.3 Å². The lowest BCUT2D eigenvalue weighted by atomic mass is 10.1. The predicted octanol–water partition coefficient (Wildman–Crippen LogP) is 3.46. The number of hydrogen-bond donors (Lipinski definition) is 1. The zero-order chi connectivity index (χ0) is 17.7. The summed E-state index contributed by atoms with van der Waals surface area (Å²) in [6, 6.07) is 6.21. The van der Waals surface area contributed by atoms with Gasteiger partial charge >= 0.3 is 6.03 Å². The summed E-state index contributed by atoms with van der Waals surface area (Å²) in [6.07, 6.45) is 1.80. The third kappa shape index (κ3) is 4.71. The summed E-state index contributed by atoms with van der Waals surface area (Å²) in [5.74, 6) is 0.234. The minimum Gasteiger partial charge on any atom is -0.377 e. The molecule has 1 aromatic carbocycles. The number of hydrogen-bond acceptors (Lipinski definition) is 4. The van der Waals surface area contributed by atoms with E-state index in [1.807, 2.05) is 26.5 Å². The minimum absolute atomic E-state index is 0.0660. The summed E-state index contributed by atoms with van der Waals surface area (Å²) < 4.78 is 0. The number of nitrogens with zero attached hydrogens (tertiary/aromatic N) is 3. The molecule has 6 heteroatoms. The summed E-state index contributed by atoms with van der Waals surface area (Å²) in [5, 5.41) is 6.03. The van der Waals surface area contributed by atoms with Gasteiger partial charge in [0.05, 0.1) is 5.01 Å². The highest BCUT2D eigenvalue weighted by molar-refractivity contribution is 7.09. The molecule has 2 amide bonds. The van der Waals surface area contributed by atoms with Crippen LogP contribution < -0.4 is 10.2 Å². The number of amides is 2. The number of rotatable bonds is 6. The van der Waals surface area contributed by atoms with Gasteiger partial charge in [-0.25, -0.2) is 9.78 Å². The minimum atomic E-state index is -0.0660. The molecule has 0 radical (unpaired) electrons. The number of carbonyl (C=O) groups is 1. The van der Waals surface area contributed by atoms with Crippen molar-refractivity contribution >= 4 is 23.1 Å². The van der Waals surface area contributed by atoms with Gasteiger partial charge in [0, 0.05) is 57.4 Å². The monoisotopic (exact) mass is 346 g/mol. The van der Waals surface area contributed by atoms with Gasteiger partial charge in [0.2, 0.25) is 0 Å². The lowest BCUT2D eigenvalue weighted by molar-refractivity contribution is 0.206. The number of aromatic nitrogens is 1. The maximum absolute atomic E-state index is 12.4. The third-order valence-electron chi connectivity index (χ3n) is 3.92. The average Bonchev–Trinajstić information content (AvgIpc) is 3.07. The highest BCUT2D eigenvalue weighted by Gasteiger charge is 2.15. The molecule has 0 spiro atoms. The van der Waals surface area contributed by atoms with Crippen molar-refractivity contribution in [1.82, 2.24) is 15.2 Å². The van der Waals surface area contributed by atoms with Crippen LogP contribution in [-0.4, -0.2) is 43.6 Å². The molecular formula is C18H26N4OS. The fourth-order valence-electron chi connectivity index (χ4n) is 2.60. The topological polar surface area (TPSA) is 48.5 Å². The van der Waals surface area contributed by atoms with Gasteiger partial charge in [-0.1, -0.05) is 19.1 Å². The first-order chi connectivity index (χ1) is 11.4. The normalized spacial score (nSPS) is 11.9. The number of thiazole rings is 1. The van der Waals surface area contributed by atoms with Crippen LogP contribution in [0.15, 0.2) is 29.8 Å². The quantitative estimate of drug-likeness (QED) is 0.871. The van der Waals surface area contributed by atoms with E-state index in [4.69, 9.17) is 0 Å². The van der Waals surface area contributed by atoms with E-state index < -0.39 is 0 Å². The highest BCUT2D eigenvalue weighted by atomic mass is 32.1. The molecule has 0 unspecified atom stereocenters. The fraction of sp³-hybridized carbons (Fsp3) is 0.444. The molecule has 0 fully saturated rings. The second-order valence-corrected chi connectivity index (χ2v) is 7.26. The largest absolute Gasteiger partial charge is 0.377 e. The Bertz CT molecular complexity index is 670. The SMILES string of the molecule is Cc1ccc(CNC(=O)N(C)C[C@@H](C)c2nccs2)c(N(C)C)c1. The number of anilines is 1. The molecule has 0 aliphatic carbocycles. The van der Waals surface area contributed by atoms with E-state index in [9.17, 15) is 4.79 Å². The average molecular weight is 347 g/mol. The molecule has 1 heterocycles. The Morgan fingerprint density at radius 3 is 2.71 bits per heavy atom. The van der Waals surface area contributed by atoms with Gasteiger partial charge in [-0.3, -0.25) is 0 Å². The van der Waals surface area contributed by atoms with Crippen molar-refractivity contribution in [3.63, 3.8) is 0 Å². The fourth-order valence-corrected chi connectivity index (χ4v) is 3.28. The number of urea groups is 1. The molecule has 1 aromatic heterocycles. The molecule has 2 rings (SSSR count). The van der Waals surface area contributed by atoms with Crippen molar-refractivity contribution in [3.8, 4) is 0 Å². The Balaban J connectivity index is 1.93. The highest BCUT2D eigenvalue weighted by Crippen LogP contribution is 2.21. The van der Waals surface area contributed by atoms with E-state index in [-0.39, 0.29) is 11.9 Å². The maximum atomic E-state index is 12.4. The summed E-state index contributed by atoms with van der Waals surface area (Å²) in [6.45, 7) is 5.33. The van der Waals surface area contributed by atoms with E-state index in [0.717, 1.165) is 16.3 Å². The van der Waals surface area contributed by atoms with Crippen LogP contribution in [0.25, 0.3) is 0 Å². The number of likely N-dealkylation sites (N-methyl/N-ethyl adjacent to an activating group) is 1. The molecule has 1 N–H and O–H groups in total. The van der Waals surface area contributed by atoms with Crippen LogP contribution in [0.1, 0.15) is 29.0 Å². The van der Waals surface area contributed by atoms with Gasteiger partial charge in [-0.05, 0) is 24.1 Å². The van der Waals surface area contributed by atoms with Crippen LogP contribution in [0.5, 0.6) is 0 Å². The molecular weight excluding hydrogens is 320 g/mol. The van der Waals surface area contributed by atoms with Crippen LogP contribution in [0.4, 0.5) is 10.5 Å². The van der Waals surface area contributed by atoms with Crippen LogP contribution in [0, 0.1) is 6.92 Å². The van der Waals surface area contributed by atoms with Crippen molar-refractivity contribution in [2.24, 2.45) is 0 Å². The van der Waals surface area contributed by atoms with Crippen molar-refractivity contribution in [1.29, 1.82) is 0 Å². The molecule has 24 heavy (non-hydrogen) atoms. The van der Waals surface area contributed by atoms with Crippen LogP contribution >= 0.6 is 11.3 Å². The Hall–Kier alpha value is -2.08. The molecule has 0 aliphatic rings. The zero-order valence-electron chi connectivity index (χ0n) is 15.0. The van der Waals surface area contributed by atoms with E-state index >= 15 is 0 Å². The first-order valence-corrected chi connectivity index (χ1v) is 8.91. The Labute approximate surface area is 148 Å². The standard InChI is InChI=1S/C18H26N4OS/c1-13-6-7-15(16(10-13)21(3)4)11-20-18(23)22(5)12-14(2)17-19-8-9-24-17/h6-10,14H,11-12H2,1-5H3,(H,20,23)/t14-/m1/s1. The molecule has 0 saturated carbocycles. The first-order valence-electron chi connectivity index (χ1n) is 8.03. The van der Waals surface area contributed by atoms with Crippen LogP contribution in [0.2, 0.25) is 0 Å². The van der Waals surface area contributed by atoms with Gasteiger partial charge in [0.1, 0.15) is 0 Å². The van der Waals surface area contributed by atoms with Gasteiger partial charge in [-0.2, -0.15) is 0 Å². The van der Waals surface area contributed by atoms with Crippen LogP contribution in [-0.2, 0) is 6.54 Å². The smallest absolute Gasteiger partial charge is 0.317 e. The summed E-state index contributed by atoms with van der Waals surface area (Å²) in [5.41, 5.74) is 3.46. The van der Waals surface area contributed by atoms with Crippen molar-refractivity contribution in [2.75, 3.05) is 32.6 Å². The number of carbonyl (C=O) groups excluding carboxylic acids is 1. The summed E-state index contributed by atoms with van der Waals surface area (Å²) in [7, 11) is 5.85. The van der Waals surface area contributed by atoms with Gasteiger partial charge in [0.25, 0.3) is 0 Å². The van der Waals surface area contributed by atoms with Crippen molar-refractivity contribution in [3.05, 3.63) is 45.9 Å². The number of aryl methyl sites for hydroxylation is 1. The molecule has 0 aliphatic heterocycles. The number of benzene rings is 1. The summed E-state index contributed by atoms with van der Waals surface area (Å²) in [4.78, 5) is 20.5. The lowest BCUT2D eigenvalue weighted by Gasteiger charge is -2.22. The van der Waals surface area contributed by atoms with E-state index in [2.05, 4.69) is 47.2 Å². The molecule has 1 atom stereocenters. The molecule has 130 valence electrons. The molecule has 0 bridgehead atoms. The zero-order valence-corrected chi connectivity index (χ0v) is 15.9. The number of nitrogens with one attached hydrogen (secondary N) is 1. The van der Waals surface area contributed by atoms with Gasteiger partial charge < -0.3 is 15.1 Å². The molecule has 0 saturated heterocycles. The Morgan fingerprint density at radius 2 is 2.08 bits per heavy atom. The maximum Gasteiger partial charge on any atom is 0.317 e. The van der Waals surface area contributed by atoms with Gasteiger partial charge in [0.15, 0.2) is 0 Å². The van der Waals surface area contributed by atoms with E-state index in [1.54, 1.807) is 22.4 Å². The lowest BCUT2D eigenvalue weighted by Crippen LogP contribution is -2.39. The molecule has 5 nitrogen and oxygen atoms in total. The van der Waals surface area contributed by atoms with Crippen LogP contribution in [0.3, 0.4) is 0 Å². The second kappa shape index (κ2) is 8.15. The summed E-state index contributed by atoms with van der Waals surface area (Å²) >= 11 is 1.63. The Kier molecular flexibility index (Phi) is 6.20. The van der Waals surface area contributed by atoms with Gasteiger partial charge in [-0.15, -0.1) is 11.3 Å². The van der Waals surface area contributed by atoms with E-state index in [1.165, 1.54) is 5.56 Å². The van der Waals surface area contributed by atoms with Crippen molar-refractivity contribution < 1.29 is 4.79 Å². The van der Waals surface area contributed by atoms with E-state index in [0.29, 0.717) is 13.1 Å². The Morgan fingerprint density at radius 1 is 1.33 bits per heavy atom. The first kappa shape index (κ1) is 18.3. The second-order valence-electron chi connectivity index (χ2n) is 6.34. The molecule has 2 aromatic rings. The third-order valence-corrected chi connectivity index (χ3v) is 4.93. The predicted molar refractivity (Wildman–Crippen MR) is 101 cm³/mol.